The molecule has 5 heterocycles. The number of nitrogens with zero attached hydrogens (tertiary/aromatic N) is 6. The maximum Gasteiger partial charge on any atom is 0.355 e. The lowest BCUT2D eigenvalue weighted by Crippen LogP contribution is -2.40. The summed E-state index contributed by atoms with van der Waals surface area (Å²) in [6.07, 6.45) is 8.43. The third kappa shape index (κ3) is 4.50. The van der Waals surface area contributed by atoms with Crippen LogP contribution in [0.5, 0.6) is 0 Å². The molecule has 37 heavy (non-hydrogen) atoms. The van der Waals surface area contributed by atoms with Crippen molar-refractivity contribution in [2.24, 2.45) is 0 Å². The smallest absolute Gasteiger partial charge is 0.353 e. The van der Waals surface area contributed by atoms with Gasteiger partial charge in [0, 0.05) is 30.5 Å². The fraction of sp³-hybridized carbons (Fsp3) is 0.393. The van der Waals surface area contributed by atoms with Gasteiger partial charge in [-0.1, -0.05) is 13.8 Å². The molecule has 0 saturated carbocycles. The van der Waals surface area contributed by atoms with Crippen molar-refractivity contribution >= 4 is 28.6 Å². The zero-order valence-electron chi connectivity index (χ0n) is 21.8. The lowest BCUT2D eigenvalue weighted by atomic mass is 10.0. The Morgan fingerprint density at radius 3 is 2.68 bits per heavy atom. The molecule has 0 aliphatic carbocycles. The summed E-state index contributed by atoms with van der Waals surface area (Å²) in [5, 5.41) is 1.18. The molecule has 0 N–H and O–H groups in total. The van der Waals surface area contributed by atoms with E-state index in [9.17, 15) is 4.79 Å². The second kappa shape index (κ2) is 10.2. The number of hydrogen-bond donors (Lipinski definition) is 0. The summed E-state index contributed by atoms with van der Waals surface area (Å²) < 4.78 is 17.4. The molecule has 0 spiro atoms. The van der Waals surface area contributed by atoms with Gasteiger partial charge in [0.2, 0.25) is 0 Å². The van der Waals surface area contributed by atoms with Crippen LogP contribution in [0.15, 0.2) is 46.5 Å². The average molecular weight is 519 g/mol. The minimum Gasteiger partial charge on any atom is -0.353 e. The third-order valence-corrected chi connectivity index (χ3v) is 7.73. The van der Waals surface area contributed by atoms with Crippen LogP contribution in [-0.4, -0.2) is 43.3 Å². The molecule has 192 valence electrons. The first-order chi connectivity index (χ1) is 17.8. The van der Waals surface area contributed by atoms with Gasteiger partial charge in [-0.15, -0.1) is 11.8 Å². The molecule has 0 amide bonds. The molecule has 1 aliphatic rings. The Hall–Kier alpha value is -3.33. The lowest BCUT2D eigenvalue weighted by molar-refractivity contribution is 0.481. The standard InChI is InChI=1S/C28H31FN6OS/c1-16(2)22-24(17(3)11-13-30-22)35-26-20(25(33-28(35)36)34-14-7-6-9-18(34)4)15-21(29)23(32-26)19-10-8-12-31-27(19)37-5/h8,10-13,15-16,18H,6-7,9,14H2,1-5H3/t18-/m0/s1. The highest BCUT2D eigenvalue weighted by molar-refractivity contribution is 7.98. The minimum atomic E-state index is -0.472. The maximum absolute atomic E-state index is 15.8. The Bertz CT molecular complexity index is 1540. The molecule has 5 rings (SSSR count). The van der Waals surface area contributed by atoms with Gasteiger partial charge in [-0.25, -0.2) is 23.7 Å². The van der Waals surface area contributed by atoms with E-state index in [4.69, 9.17) is 4.98 Å². The minimum absolute atomic E-state index is 0.0555. The largest absolute Gasteiger partial charge is 0.355 e. The number of fused-ring (bicyclic) bond motifs is 1. The van der Waals surface area contributed by atoms with Gasteiger partial charge in [-0.05, 0) is 75.1 Å². The number of thioether (sulfide) groups is 1. The number of aromatic nitrogens is 5. The van der Waals surface area contributed by atoms with Gasteiger partial charge in [0.25, 0.3) is 0 Å². The number of halogens is 1. The van der Waals surface area contributed by atoms with Crippen molar-refractivity contribution < 1.29 is 4.39 Å². The Kier molecular flexibility index (Phi) is 6.98. The van der Waals surface area contributed by atoms with Crippen LogP contribution in [0.25, 0.3) is 28.0 Å². The molecule has 0 aromatic carbocycles. The normalized spacial score (nSPS) is 16.1. The van der Waals surface area contributed by atoms with Crippen LogP contribution < -0.4 is 10.6 Å². The summed E-state index contributed by atoms with van der Waals surface area (Å²) in [5.41, 5.74) is 2.97. The van der Waals surface area contributed by atoms with E-state index in [1.54, 1.807) is 18.5 Å². The quantitative estimate of drug-likeness (QED) is 0.304. The van der Waals surface area contributed by atoms with E-state index in [0.717, 1.165) is 37.1 Å². The van der Waals surface area contributed by atoms with Crippen LogP contribution in [0.1, 0.15) is 57.2 Å². The Labute approximate surface area is 220 Å². The number of pyridine rings is 3. The molecular weight excluding hydrogens is 487 g/mol. The van der Waals surface area contributed by atoms with Gasteiger partial charge >= 0.3 is 5.69 Å². The van der Waals surface area contributed by atoms with Crippen molar-refractivity contribution in [3.05, 3.63) is 64.2 Å². The summed E-state index contributed by atoms with van der Waals surface area (Å²) >= 11 is 1.43. The van der Waals surface area contributed by atoms with Gasteiger partial charge < -0.3 is 4.90 Å². The second-order valence-electron chi connectivity index (χ2n) is 9.86. The average Bonchev–Trinajstić information content (AvgIpc) is 2.89. The molecule has 1 fully saturated rings. The van der Waals surface area contributed by atoms with Gasteiger partial charge in [-0.2, -0.15) is 4.98 Å². The Balaban J connectivity index is 1.90. The van der Waals surface area contributed by atoms with E-state index >= 15 is 4.39 Å². The van der Waals surface area contributed by atoms with Gasteiger partial charge in [0.05, 0.1) is 16.8 Å². The van der Waals surface area contributed by atoms with E-state index < -0.39 is 11.5 Å². The first kappa shape index (κ1) is 25.3. The number of anilines is 1. The summed E-state index contributed by atoms with van der Waals surface area (Å²) in [6.45, 7) is 8.90. The van der Waals surface area contributed by atoms with Crippen LogP contribution in [0.3, 0.4) is 0 Å². The summed E-state index contributed by atoms with van der Waals surface area (Å²) in [5.74, 6) is 0.0750. The van der Waals surface area contributed by atoms with Gasteiger partial charge in [0.15, 0.2) is 5.65 Å². The summed E-state index contributed by atoms with van der Waals surface area (Å²) in [4.78, 5) is 34.4. The summed E-state index contributed by atoms with van der Waals surface area (Å²) in [6, 6.07) is 7.12. The first-order valence-electron chi connectivity index (χ1n) is 12.7. The monoisotopic (exact) mass is 518 g/mol. The third-order valence-electron chi connectivity index (χ3n) is 7.02. The van der Waals surface area contributed by atoms with Gasteiger partial charge in [0.1, 0.15) is 22.4 Å². The van der Waals surface area contributed by atoms with Crippen LogP contribution >= 0.6 is 11.8 Å². The molecule has 7 nitrogen and oxygen atoms in total. The van der Waals surface area contributed by atoms with Crippen LogP contribution in [0.4, 0.5) is 10.2 Å². The molecular formula is C28H31FN6OS. The molecule has 9 heteroatoms. The van der Waals surface area contributed by atoms with Crippen molar-refractivity contribution in [3.8, 4) is 16.9 Å². The van der Waals surface area contributed by atoms with Crippen molar-refractivity contribution in [3.63, 3.8) is 0 Å². The zero-order valence-corrected chi connectivity index (χ0v) is 22.6. The van der Waals surface area contributed by atoms with Crippen LogP contribution in [0.2, 0.25) is 0 Å². The second-order valence-corrected chi connectivity index (χ2v) is 10.7. The Morgan fingerprint density at radius 2 is 1.95 bits per heavy atom. The van der Waals surface area contributed by atoms with E-state index in [2.05, 4.69) is 26.8 Å². The molecule has 0 radical (unpaired) electrons. The van der Waals surface area contributed by atoms with E-state index in [1.807, 2.05) is 39.2 Å². The molecule has 1 aliphatic heterocycles. The fourth-order valence-electron chi connectivity index (χ4n) is 5.15. The number of aryl methyl sites for hydroxylation is 1. The highest BCUT2D eigenvalue weighted by Gasteiger charge is 2.27. The van der Waals surface area contributed by atoms with E-state index in [-0.39, 0.29) is 17.7 Å². The topological polar surface area (TPSA) is 76.8 Å². The maximum atomic E-state index is 15.8. The highest BCUT2D eigenvalue weighted by atomic mass is 32.2. The summed E-state index contributed by atoms with van der Waals surface area (Å²) in [7, 11) is 0. The van der Waals surface area contributed by atoms with Crippen molar-refractivity contribution in [2.75, 3.05) is 17.7 Å². The molecule has 0 unspecified atom stereocenters. The van der Waals surface area contributed by atoms with Crippen LogP contribution in [-0.2, 0) is 0 Å². The number of rotatable bonds is 5. The number of hydrogen-bond acceptors (Lipinski definition) is 7. The molecule has 1 saturated heterocycles. The van der Waals surface area contributed by atoms with E-state index in [1.165, 1.54) is 22.4 Å². The highest BCUT2D eigenvalue weighted by Crippen LogP contribution is 2.35. The van der Waals surface area contributed by atoms with Gasteiger partial charge in [-0.3, -0.25) is 4.98 Å². The van der Waals surface area contributed by atoms with Crippen molar-refractivity contribution in [2.45, 2.75) is 63.9 Å². The van der Waals surface area contributed by atoms with E-state index in [0.29, 0.717) is 33.1 Å². The SMILES string of the molecule is CSc1ncccc1-c1nc2c(cc1F)c(N1CCCC[C@@H]1C)nc(=O)n2-c1c(C)ccnc1C(C)C. The first-order valence-corrected chi connectivity index (χ1v) is 13.9. The molecule has 4 aromatic heterocycles. The van der Waals surface area contributed by atoms with Crippen LogP contribution in [0, 0.1) is 12.7 Å². The molecule has 1 atom stereocenters. The lowest BCUT2D eigenvalue weighted by Gasteiger charge is -2.35. The number of piperidine rings is 1. The fourth-order valence-corrected chi connectivity index (χ4v) is 5.70. The predicted molar refractivity (Wildman–Crippen MR) is 147 cm³/mol. The zero-order chi connectivity index (χ0) is 26.3. The predicted octanol–water partition coefficient (Wildman–Crippen LogP) is 5.91. The van der Waals surface area contributed by atoms with Crippen molar-refractivity contribution in [1.82, 2.24) is 24.5 Å². The van der Waals surface area contributed by atoms with Crippen molar-refractivity contribution in [1.29, 1.82) is 0 Å². The Morgan fingerprint density at radius 1 is 1.14 bits per heavy atom. The molecule has 4 aromatic rings. The molecule has 0 bridgehead atoms.